The van der Waals surface area contributed by atoms with Gasteiger partial charge in [0.15, 0.2) is 0 Å². The van der Waals surface area contributed by atoms with Crippen LogP contribution in [-0.2, 0) is 13.2 Å². The molecule has 0 aliphatic carbocycles. The summed E-state index contributed by atoms with van der Waals surface area (Å²) >= 11 is 2.31. The lowest BCUT2D eigenvalue weighted by Gasteiger charge is -2.14. The number of halogens is 1. The van der Waals surface area contributed by atoms with Gasteiger partial charge >= 0.3 is 0 Å². The van der Waals surface area contributed by atoms with Crippen molar-refractivity contribution in [3.63, 3.8) is 0 Å². The van der Waals surface area contributed by atoms with E-state index in [-0.39, 0.29) is 0 Å². The van der Waals surface area contributed by atoms with Crippen molar-refractivity contribution in [1.82, 2.24) is 5.32 Å². The molecule has 112 valence electrons. The summed E-state index contributed by atoms with van der Waals surface area (Å²) in [6.45, 7) is 8.87. The van der Waals surface area contributed by atoms with E-state index in [0.29, 0.717) is 6.61 Å². The molecular formula is C18H22INO. The standard InChI is InChI=1S/C18H22INO/c1-4-20-11-16-9-13(2)18(14(3)10-16)21-12-15-5-7-17(19)8-6-15/h5-10,20H,4,11-12H2,1-3H3. The molecule has 3 heteroatoms. The predicted molar refractivity (Wildman–Crippen MR) is 96.8 cm³/mol. The molecule has 1 N–H and O–H groups in total. The lowest BCUT2D eigenvalue weighted by molar-refractivity contribution is 0.302. The summed E-state index contributed by atoms with van der Waals surface area (Å²) in [5, 5.41) is 3.36. The minimum absolute atomic E-state index is 0.616. The number of hydrogen-bond acceptors (Lipinski definition) is 2. The molecule has 2 aromatic rings. The summed E-state index contributed by atoms with van der Waals surface area (Å²) in [6, 6.07) is 12.9. The summed E-state index contributed by atoms with van der Waals surface area (Å²) in [4.78, 5) is 0. The molecule has 21 heavy (non-hydrogen) atoms. The molecule has 0 unspecified atom stereocenters. The Hall–Kier alpha value is -1.07. The van der Waals surface area contributed by atoms with Gasteiger partial charge in [-0.2, -0.15) is 0 Å². The molecule has 2 nitrogen and oxygen atoms in total. The summed E-state index contributed by atoms with van der Waals surface area (Å²) in [7, 11) is 0. The molecule has 0 bridgehead atoms. The third-order valence-electron chi connectivity index (χ3n) is 3.40. The van der Waals surface area contributed by atoms with E-state index in [1.54, 1.807) is 0 Å². The molecule has 2 aromatic carbocycles. The number of nitrogens with one attached hydrogen (secondary N) is 1. The smallest absolute Gasteiger partial charge is 0.125 e. The maximum atomic E-state index is 6.03. The average molecular weight is 395 g/mol. The van der Waals surface area contributed by atoms with Gasteiger partial charge in [0.1, 0.15) is 12.4 Å². The second-order valence-corrected chi connectivity index (χ2v) is 6.50. The van der Waals surface area contributed by atoms with Gasteiger partial charge in [-0.05, 0) is 77.4 Å². The van der Waals surface area contributed by atoms with Gasteiger partial charge in [0.25, 0.3) is 0 Å². The first-order valence-corrected chi connectivity index (χ1v) is 8.36. The third-order valence-corrected chi connectivity index (χ3v) is 4.11. The monoisotopic (exact) mass is 395 g/mol. The van der Waals surface area contributed by atoms with Gasteiger partial charge in [0.2, 0.25) is 0 Å². The van der Waals surface area contributed by atoms with Crippen LogP contribution in [0.1, 0.15) is 29.2 Å². The molecule has 0 atom stereocenters. The second-order valence-electron chi connectivity index (χ2n) is 5.25. The Balaban J connectivity index is 2.07. The van der Waals surface area contributed by atoms with Crippen molar-refractivity contribution < 1.29 is 4.74 Å². The van der Waals surface area contributed by atoms with Crippen LogP contribution in [0.2, 0.25) is 0 Å². The summed E-state index contributed by atoms with van der Waals surface area (Å²) in [6.07, 6.45) is 0. The fourth-order valence-electron chi connectivity index (χ4n) is 2.38. The molecule has 0 fully saturated rings. The zero-order valence-electron chi connectivity index (χ0n) is 12.9. The van der Waals surface area contributed by atoms with E-state index < -0.39 is 0 Å². The van der Waals surface area contributed by atoms with Crippen molar-refractivity contribution in [3.05, 3.63) is 62.2 Å². The van der Waals surface area contributed by atoms with E-state index in [1.807, 2.05) is 0 Å². The molecular weight excluding hydrogens is 373 g/mol. The van der Waals surface area contributed by atoms with E-state index in [9.17, 15) is 0 Å². The molecule has 0 spiro atoms. The van der Waals surface area contributed by atoms with Crippen LogP contribution in [0, 0.1) is 17.4 Å². The van der Waals surface area contributed by atoms with Gasteiger partial charge in [-0.1, -0.05) is 31.2 Å². The number of aryl methyl sites for hydroxylation is 2. The zero-order valence-corrected chi connectivity index (χ0v) is 15.0. The Bertz CT molecular complexity index is 570. The van der Waals surface area contributed by atoms with Crippen LogP contribution in [0.3, 0.4) is 0 Å². The molecule has 0 aromatic heterocycles. The van der Waals surface area contributed by atoms with Crippen LogP contribution in [0.15, 0.2) is 36.4 Å². The maximum Gasteiger partial charge on any atom is 0.125 e. The van der Waals surface area contributed by atoms with Crippen LogP contribution in [-0.4, -0.2) is 6.54 Å². The fourth-order valence-corrected chi connectivity index (χ4v) is 2.73. The van der Waals surface area contributed by atoms with Crippen molar-refractivity contribution in [1.29, 1.82) is 0 Å². The molecule has 2 rings (SSSR count). The van der Waals surface area contributed by atoms with Crippen LogP contribution < -0.4 is 10.1 Å². The highest BCUT2D eigenvalue weighted by molar-refractivity contribution is 14.1. The summed E-state index contributed by atoms with van der Waals surface area (Å²) in [5.41, 5.74) is 4.92. The first kappa shape index (κ1) is 16.3. The van der Waals surface area contributed by atoms with Gasteiger partial charge in [0.05, 0.1) is 0 Å². The minimum atomic E-state index is 0.616. The van der Waals surface area contributed by atoms with Crippen LogP contribution in [0.25, 0.3) is 0 Å². The SMILES string of the molecule is CCNCc1cc(C)c(OCc2ccc(I)cc2)c(C)c1. The average Bonchev–Trinajstić information content (AvgIpc) is 2.46. The van der Waals surface area contributed by atoms with Crippen molar-refractivity contribution >= 4 is 22.6 Å². The highest BCUT2D eigenvalue weighted by Gasteiger charge is 2.07. The number of rotatable bonds is 6. The number of benzene rings is 2. The van der Waals surface area contributed by atoms with Gasteiger partial charge in [-0.3, -0.25) is 0 Å². The lowest BCUT2D eigenvalue weighted by atomic mass is 10.1. The van der Waals surface area contributed by atoms with E-state index in [4.69, 9.17) is 4.74 Å². The van der Waals surface area contributed by atoms with Gasteiger partial charge in [-0.15, -0.1) is 0 Å². The zero-order chi connectivity index (χ0) is 15.2. The molecule has 0 aliphatic rings. The Morgan fingerprint density at radius 3 is 2.19 bits per heavy atom. The van der Waals surface area contributed by atoms with Crippen molar-refractivity contribution in [3.8, 4) is 5.75 Å². The van der Waals surface area contributed by atoms with E-state index in [1.165, 1.54) is 25.8 Å². The molecule has 0 aliphatic heterocycles. The topological polar surface area (TPSA) is 21.3 Å². The van der Waals surface area contributed by atoms with E-state index >= 15 is 0 Å². The number of ether oxygens (including phenoxy) is 1. The molecule has 0 radical (unpaired) electrons. The van der Waals surface area contributed by atoms with Crippen molar-refractivity contribution in [2.24, 2.45) is 0 Å². The molecule has 0 amide bonds. The van der Waals surface area contributed by atoms with Gasteiger partial charge < -0.3 is 10.1 Å². The quantitative estimate of drug-likeness (QED) is 0.723. The summed E-state index contributed by atoms with van der Waals surface area (Å²) in [5.74, 6) is 1.01. The van der Waals surface area contributed by atoms with Gasteiger partial charge in [-0.25, -0.2) is 0 Å². The fraction of sp³-hybridized carbons (Fsp3) is 0.333. The minimum Gasteiger partial charge on any atom is -0.488 e. The van der Waals surface area contributed by atoms with Crippen LogP contribution in [0.5, 0.6) is 5.75 Å². The van der Waals surface area contributed by atoms with Crippen molar-refractivity contribution in [2.45, 2.75) is 33.9 Å². The number of hydrogen-bond donors (Lipinski definition) is 1. The van der Waals surface area contributed by atoms with Gasteiger partial charge in [0, 0.05) is 10.1 Å². The third kappa shape index (κ3) is 4.71. The Labute approximate surface area is 141 Å². The lowest BCUT2D eigenvalue weighted by Crippen LogP contribution is -2.12. The largest absolute Gasteiger partial charge is 0.488 e. The van der Waals surface area contributed by atoms with Crippen LogP contribution >= 0.6 is 22.6 Å². The second kappa shape index (κ2) is 7.80. The molecule has 0 saturated carbocycles. The Morgan fingerprint density at radius 2 is 1.62 bits per heavy atom. The highest BCUT2D eigenvalue weighted by atomic mass is 127. The van der Waals surface area contributed by atoms with Crippen LogP contribution in [0.4, 0.5) is 0 Å². The first-order valence-electron chi connectivity index (χ1n) is 7.28. The summed E-state index contributed by atoms with van der Waals surface area (Å²) < 4.78 is 7.28. The highest BCUT2D eigenvalue weighted by Crippen LogP contribution is 2.26. The molecule has 0 heterocycles. The Kier molecular flexibility index (Phi) is 6.06. The normalized spacial score (nSPS) is 10.7. The predicted octanol–water partition coefficient (Wildman–Crippen LogP) is 4.60. The Morgan fingerprint density at radius 1 is 1.00 bits per heavy atom. The first-order chi connectivity index (χ1) is 10.1. The van der Waals surface area contributed by atoms with Crippen molar-refractivity contribution in [2.75, 3.05) is 6.54 Å². The maximum absolute atomic E-state index is 6.03. The molecule has 0 saturated heterocycles. The van der Waals surface area contributed by atoms with E-state index in [2.05, 4.69) is 85.1 Å². The van der Waals surface area contributed by atoms with E-state index in [0.717, 1.165) is 18.8 Å².